The van der Waals surface area contributed by atoms with Gasteiger partial charge in [0, 0.05) is 35.2 Å². The largest absolute Gasteiger partial charge is 0.432 e. The molecule has 1 aromatic carbocycles. The minimum absolute atomic E-state index is 0.146. The van der Waals surface area contributed by atoms with E-state index in [0.717, 1.165) is 34.7 Å². The van der Waals surface area contributed by atoms with Gasteiger partial charge in [-0.15, -0.1) is 0 Å². The summed E-state index contributed by atoms with van der Waals surface area (Å²) in [6, 6.07) is 3.40. The van der Waals surface area contributed by atoms with Crippen LogP contribution in [0.2, 0.25) is 0 Å². The topological polar surface area (TPSA) is 64.8 Å². The predicted molar refractivity (Wildman–Crippen MR) is 92.2 cm³/mol. The lowest BCUT2D eigenvalue weighted by atomic mass is 9.94. The van der Waals surface area contributed by atoms with Crippen molar-refractivity contribution >= 4 is 16.8 Å². The molecule has 2 unspecified atom stereocenters. The van der Waals surface area contributed by atoms with Gasteiger partial charge in [0.25, 0.3) is 5.91 Å². The van der Waals surface area contributed by atoms with Crippen LogP contribution < -0.4 is 0 Å². The van der Waals surface area contributed by atoms with Gasteiger partial charge in [-0.3, -0.25) is 9.89 Å². The molecule has 4 heterocycles. The van der Waals surface area contributed by atoms with E-state index in [4.69, 9.17) is 0 Å². The number of rotatable bonds is 1. The molecular weight excluding hydrogens is 376 g/mol. The summed E-state index contributed by atoms with van der Waals surface area (Å²) in [6.07, 6.45) is -2.65. The van der Waals surface area contributed by atoms with E-state index in [0.29, 0.717) is 18.4 Å². The van der Waals surface area contributed by atoms with Gasteiger partial charge < -0.3 is 9.88 Å². The van der Waals surface area contributed by atoms with Gasteiger partial charge in [0.05, 0.1) is 11.6 Å². The van der Waals surface area contributed by atoms with Crippen molar-refractivity contribution in [3.63, 3.8) is 0 Å². The van der Waals surface area contributed by atoms with Gasteiger partial charge in [0.2, 0.25) is 0 Å². The van der Waals surface area contributed by atoms with Crippen molar-refractivity contribution in [1.82, 2.24) is 20.1 Å². The van der Waals surface area contributed by atoms with Crippen molar-refractivity contribution in [2.75, 3.05) is 0 Å². The SMILES string of the molecule is Cc1ccc(F)c2[nH]c3c(c12)C1CCC(C3)N1C(=O)c1cc(C(F)(F)F)[nH]n1. The number of carbonyl (C=O) groups excluding carboxylic acids is 1. The highest BCUT2D eigenvalue weighted by Crippen LogP contribution is 2.48. The maximum Gasteiger partial charge on any atom is 0.432 e. The zero-order chi connectivity index (χ0) is 19.8. The highest BCUT2D eigenvalue weighted by Gasteiger charge is 2.46. The van der Waals surface area contributed by atoms with Crippen LogP contribution in [0.3, 0.4) is 0 Å². The lowest BCUT2D eigenvalue weighted by molar-refractivity contribution is -0.141. The van der Waals surface area contributed by atoms with Crippen LogP contribution in [0.5, 0.6) is 0 Å². The number of hydrogen-bond donors (Lipinski definition) is 2. The maximum atomic E-state index is 14.3. The second-order valence-electron chi connectivity index (χ2n) is 7.46. The lowest BCUT2D eigenvalue weighted by Gasteiger charge is -2.34. The Kier molecular flexibility index (Phi) is 3.45. The number of benzene rings is 1. The molecule has 28 heavy (non-hydrogen) atoms. The first-order chi connectivity index (χ1) is 13.3. The van der Waals surface area contributed by atoms with Gasteiger partial charge in [-0.25, -0.2) is 4.39 Å². The molecule has 1 saturated heterocycles. The van der Waals surface area contributed by atoms with E-state index in [1.165, 1.54) is 6.07 Å². The number of aromatic nitrogens is 3. The van der Waals surface area contributed by atoms with E-state index in [-0.39, 0.29) is 23.6 Å². The van der Waals surface area contributed by atoms with E-state index in [2.05, 4.69) is 10.1 Å². The Morgan fingerprint density at radius 1 is 1.29 bits per heavy atom. The highest BCUT2D eigenvalue weighted by atomic mass is 19.4. The smallest absolute Gasteiger partial charge is 0.356 e. The van der Waals surface area contributed by atoms with Gasteiger partial charge in [-0.1, -0.05) is 6.07 Å². The van der Waals surface area contributed by atoms with E-state index in [1.54, 1.807) is 11.0 Å². The van der Waals surface area contributed by atoms with Crippen molar-refractivity contribution in [2.45, 2.75) is 44.4 Å². The summed E-state index contributed by atoms with van der Waals surface area (Å²) in [7, 11) is 0. The number of aryl methyl sites for hydroxylation is 1. The Bertz CT molecular complexity index is 1110. The van der Waals surface area contributed by atoms with Crippen molar-refractivity contribution in [2.24, 2.45) is 0 Å². The fourth-order valence-corrected chi connectivity index (χ4v) is 4.67. The molecule has 5 rings (SSSR count). The van der Waals surface area contributed by atoms with Crippen molar-refractivity contribution < 1.29 is 22.4 Å². The first-order valence-electron chi connectivity index (χ1n) is 9.00. The summed E-state index contributed by atoms with van der Waals surface area (Å²) in [5, 5.41) is 6.25. The third kappa shape index (κ3) is 2.31. The van der Waals surface area contributed by atoms with Gasteiger partial charge in [-0.05, 0) is 31.4 Å². The molecule has 0 aliphatic carbocycles. The summed E-state index contributed by atoms with van der Waals surface area (Å²) in [5.41, 5.74) is 1.79. The van der Waals surface area contributed by atoms with Gasteiger partial charge in [-0.2, -0.15) is 18.3 Å². The van der Waals surface area contributed by atoms with Crippen LogP contribution in [0.4, 0.5) is 17.6 Å². The van der Waals surface area contributed by atoms with E-state index >= 15 is 0 Å². The average Bonchev–Trinajstić information content (AvgIpc) is 3.33. The molecule has 2 N–H and O–H groups in total. The van der Waals surface area contributed by atoms with Crippen molar-refractivity contribution in [3.05, 3.63) is 52.2 Å². The van der Waals surface area contributed by atoms with Crippen LogP contribution in [-0.4, -0.2) is 32.0 Å². The quantitative estimate of drug-likeness (QED) is 0.608. The predicted octanol–water partition coefficient (Wildman–Crippen LogP) is 4.26. The Morgan fingerprint density at radius 3 is 2.79 bits per heavy atom. The Labute approximate surface area is 156 Å². The summed E-state index contributed by atoms with van der Waals surface area (Å²) in [5.74, 6) is -0.890. The number of amides is 1. The number of aromatic amines is 2. The Hall–Kier alpha value is -2.84. The molecule has 2 aromatic heterocycles. The van der Waals surface area contributed by atoms with Gasteiger partial charge in [0.15, 0.2) is 5.69 Å². The van der Waals surface area contributed by atoms with Crippen molar-refractivity contribution in [3.8, 4) is 0 Å². The van der Waals surface area contributed by atoms with Crippen LogP contribution in [-0.2, 0) is 12.6 Å². The summed E-state index contributed by atoms with van der Waals surface area (Å²) >= 11 is 0. The van der Waals surface area contributed by atoms with Crippen LogP contribution in [0.25, 0.3) is 10.9 Å². The fraction of sp³-hybridized carbons (Fsp3) is 0.368. The summed E-state index contributed by atoms with van der Waals surface area (Å²) in [6.45, 7) is 1.88. The van der Waals surface area contributed by atoms with Gasteiger partial charge in [0.1, 0.15) is 11.5 Å². The molecule has 2 aliphatic heterocycles. The molecule has 9 heteroatoms. The second kappa shape index (κ2) is 5.59. The minimum Gasteiger partial charge on any atom is -0.356 e. The molecule has 2 bridgehead atoms. The number of alkyl halides is 3. The third-order valence-corrected chi connectivity index (χ3v) is 5.85. The number of fused-ring (bicyclic) bond motifs is 6. The Morgan fingerprint density at radius 2 is 2.07 bits per heavy atom. The molecular formula is C19H16F4N4O. The van der Waals surface area contributed by atoms with Crippen LogP contribution >= 0.6 is 0 Å². The molecule has 1 fully saturated rings. The molecule has 2 atom stereocenters. The second-order valence-corrected chi connectivity index (χ2v) is 7.46. The number of nitrogens with one attached hydrogen (secondary N) is 2. The standard InChI is InChI=1S/C19H16F4N4O/c1-8-2-4-10(20)17-15(8)16-11(24-17)6-9-3-5-13(16)27(9)18(28)12-7-14(26-25-12)19(21,22)23/h2,4,7,9,13,24H,3,5-6H2,1H3,(H,25,26). The van der Waals surface area contributed by atoms with Crippen LogP contribution in [0.15, 0.2) is 18.2 Å². The molecule has 0 radical (unpaired) electrons. The fourth-order valence-electron chi connectivity index (χ4n) is 4.67. The van der Waals surface area contributed by atoms with E-state index < -0.39 is 17.8 Å². The number of halogens is 4. The zero-order valence-electron chi connectivity index (χ0n) is 14.8. The van der Waals surface area contributed by atoms with Crippen molar-refractivity contribution in [1.29, 1.82) is 0 Å². The van der Waals surface area contributed by atoms with E-state index in [1.807, 2.05) is 12.0 Å². The monoisotopic (exact) mass is 392 g/mol. The number of nitrogens with zero attached hydrogens (tertiary/aromatic N) is 2. The van der Waals surface area contributed by atoms with E-state index in [9.17, 15) is 22.4 Å². The molecule has 5 nitrogen and oxygen atoms in total. The molecule has 3 aromatic rings. The molecule has 1 amide bonds. The van der Waals surface area contributed by atoms with Crippen LogP contribution in [0.1, 0.15) is 51.9 Å². The number of H-pyrrole nitrogens is 2. The minimum atomic E-state index is -4.59. The molecule has 2 aliphatic rings. The number of hydrogen-bond acceptors (Lipinski definition) is 2. The lowest BCUT2D eigenvalue weighted by Crippen LogP contribution is -2.42. The zero-order valence-corrected chi connectivity index (χ0v) is 14.8. The highest BCUT2D eigenvalue weighted by molar-refractivity contribution is 5.95. The van der Waals surface area contributed by atoms with Gasteiger partial charge >= 0.3 is 6.18 Å². The maximum absolute atomic E-state index is 14.3. The molecule has 0 spiro atoms. The third-order valence-electron chi connectivity index (χ3n) is 5.85. The van der Waals surface area contributed by atoms with Crippen LogP contribution in [0, 0.1) is 12.7 Å². The summed E-state index contributed by atoms with van der Waals surface area (Å²) in [4.78, 5) is 17.8. The Balaban J connectivity index is 1.59. The molecule has 0 saturated carbocycles. The first kappa shape index (κ1) is 17.3. The normalized spacial score (nSPS) is 21.4. The average molecular weight is 392 g/mol. The summed E-state index contributed by atoms with van der Waals surface area (Å²) < 4.78 is 52.8. The first-order valence-corrected chi connectivity index (χ1v) is 9.00. The number of carbonyl (C=O) groups is 1. The molecule has 146 valence electrons.